The monoisotopic (exact) mass is 409 g/mol. The fraction of sp³-hybridized carbons (Fsp3) is 0.429. The molecular formula is C21H23N5O4. The number of hydrogen-bond donors (Lipinski definition) is 0. The lowest BCUT2D eigenvalue weighted by atomic mass is 9.99. The summed E-state index contributed by atoms with van der Waals surface area (Å²) in [6, 6.07) is 7.28. The predicted octanol–water partition coefficient (Wildman–Crippen LogP) is 2.60. The maximum Gasteiger partial charge on any atom is 0.272 e. The molecule has 3 heterocycles. The maximum atomic E-state index is 13.0. The molecule has 156 valence electrons. The summed E-state index contributed by atoms with van der Waals surface area (Å²) in [5.74, 6) is 3.28. The summed E-state index contributed by atoms with van der Waals surface area (Å²) >= 11 is 0. The lowest BCUT2D eigenvalue weighted by Crippen LogP contribution is -2.49. The van der Waals surface area contributed by atoms with Gasteiger partial charge in [-0.15, -0.1) is 0 Å². The lowest BCUT2D eigenvalue weighted by Gasteiger charge is -2.36. The molecule has 0 atom stereocenters. The minimum atomic E-state index is -0.0729. The molecule has 0 bridgehead atoms. The van der Waals surface area contributed by atoms with E-state index in [1.165, 1.54) is 0 Å². The van der Waals surface area contributed by atoms with Crippen molar-refractivity contribution in [2.75, 3.05) is 27.3 Å². The van der Waals surface area contributed by atoms with Crippen molar-refractivity contribution in [1.29, 1.82) is 0 Å². The number of hydrogen-bond acceptors (Lipinski definition) is 7. The molecule has 2 aliphatic rings. The second kappa shape index (κ2) is 7.16. The maximum absolute atomic E-state index is 13.0. The van der Waals surface area contributed by atoms with Crippen molar-refractivity contribution in [3.05, 3.63) is 41.7 Å². The molecule has 3 aromatic rings. The quantitative estimate of drug-likeness (QED) is 0.617. The second-order valence-corrected chi connectivity index (χ2v) is 7.78. The fourth-order valence-corrected chi connectivity index (χ4v) is 3.70. The highest BCUT2D eigenvalue weighted by Gasteiger charge is 2.38. The van der Waals surface area contributed by atoms with Crippen molar-refractivity contribution in [3.63, 3.8) is 0 Å². The van der Waals surface area contributed by atoms with Gasteiger partial charge in [-0.3, -0.25) is 9.48 Å². The molecule has 9 nitrogen and oxygen atoms in total. The molecule has 1 aromatic carbocycles. The molecule has 2 aromatic heterocycles. The highest BCUT2D eigenvalue weighted by Crippen LogP contribution is 2.39. The molecule has 0 spiro atoms. The first kappa shape index (κ1) is 18.7. The SMILES string of the molecule is COc1ccc(OC)c(-c2cc(C(=O)N3CC(c4nc(C5CC5)no4)C3)n(C)n2)c1. The Morgan fingerprint density at radius 3 is 2.63 bits per heavy atom. The van der Waals surface area contributed by atoms with Crippen LogP contribution in [0.15, 0.2) is 28.8 Å². The number of aryl methyl sites for hydroxylation is 1. The molecule has 9 heteroatoms. The van der Waals surface area contributed by atoms with Crippen LogP contribution < -0.4 is 9.47 Å². The molecule has 0 unspecified atom stereocenters. The number of benzene rings is 1. The number of nitrogens with zero attached hydrogens (tertiary/aromatic N) is 5. The average Bonchev–Trinajstić information content (AvgIpc) is 3.34. The summed E-state index contributed by atoms with van der Waals surface area (Å²) in [5, 5.41) is 8.59. The van der Waals surface area contributed by atoms with Gasteiger partial charge in [0.15, 0.2) is 5.82 Å². The van der Waals surface area contributed by atoms with Crippen LogP contribution in [0.5, 0.6) is 11.5 Å². The molecule has 1 amide bonds. The summed E-state index contributed by atoms with van der Waals surface area (Å²) in [4.78, 5) is 19.3. The Kier molecular flexibility index (Phi) is 4.45. The van der Waals surface area contributed by atoms with Gasteiger partial charge in [-0.05, 0) is 37.1 Å². The van der Waals surface area contributed by atoms with Gasteiger partial charge in [-0.1, -0.05) is 5.16 Å². The minimum Gasteiger partial charge on any atom is -0.497 e. The summed E-state index contributed by atoms with van der Waals surface area (Å²) in [6.45, 7) is 1.13. The first-order valence-electron chi connectivity index (χ1n) is 9.96. The number of carbonyl (C=O) groups is 1. The van der Waals surface area contributed by atoms with Gasteiger partial charge in [0.05, 0.1) is 25.8 Å². The van der Waals surface area contributed by atoms with Gasteiger partial charge in [-0.2, -0.15) is 10.1 Å². The number of rotatable bonds is 6. The first-order chi connectivity index (χ1) is 14.6. The molecule has 1 saturated carbocycles. The van der Waals surface area contributed by atoms with Crippen LogP contribution in [0, 0.1) is 0 Å². The summed E-state index contributed by atoms with van der Waals surface area (Å²) in [5.41, 5.74) is 1.93. The average molecular weight is 409 g/mol. The third-order valence-electron chi connectivity index (χ3n) is 5.70. The van der Waals surface area contributed by atoms with Crippen molar-refractivity contribution in [3.8, 4) is 22.8 Å². The van der Waals surface area contributed by atoms with E-state index < -0.39 is 0 Å². The predicted molar refractivity (Wildman–Crippen MR) is 107 cm³/mol. The van der Waals surface area contributed by atoms with Crippen molar-refractivity contribution in [2.45, 2.75) is 24.7 Å². The normalized spacial score (nSPS) is 16.4. The van der Waals surface area contributed by atoms with Crippen LogP contribution in [0.25, 0.3) is 11.3 Å². The Labute approximate surface area is 173 Å². The lowest BCUT2D eigenvalue weighted by molar-refractivity contribution is 0.0558. The third kappa shape index (κ3) is 3.20. The number of ether oxygens (including phenoxy) is 2. The fourth-order valence-electron chi connectivity index (χ4n) is 3.70. The zero-order chi connectivity index (χ0) is 20.8. The highest BCUT2D eigenvalue weighted by molar-refractivity contribution is 5.94. The molecule has 1 aliphatic heterocycles. The van der Waals surface area contributed by atoms with Crippen molar-refractivity contribution in [2.24, 2.45) is 7.05 Å². The van der Waals surface area contributed by atoms with Gasteiger partial charge in [0.1, 0.15) is 17.2 Å². The van der Waals surface area contributed by atoms with Crippen molar-refractivity contribution >= 4 is 5.91 Å². The molecule has 30 heavy (non-hydrogen) atoms. The molecule has 5 rings (SSSR count). The van der Waals surface area contributed by atoms with Gasteiger partial charge in [-0.25, -0.2) is 0 Å². The molecule has 2 fully saturated rings. The number of likely N-dealkylation sites (tertiary alicyclic amines) is 1. The van der Waals surface area contributed by atoms with Crippen LogP contribution in [-0.4, -0.2) is 58.0 Å². The Morgan fingerprint density at radius 2 is 1.93 bits per heavy atom. The van der Waals surface area contributed by atoms with E-state index in [-0.39, 0.29) is 11.8 Å². The minimum absolute atomic E-state index is 0.0729. The molecule has 1 saturated heterocycles. The Morgan fingerprint density at radius 1 is 1.13 bits per heavy atom. The van der Waals surface area contributed by atoms with Crippen molar-refractivity contribution in [1.82, 2.24) is 24.8 Å². The summed E-state index contributed by atoms with van der Waals surface area (Å²) in [7, 11) is 4.98. The number of amides is 1. The number of carbonyl (C=O) groups excluding carboxylic acids is 1. The Balaban J connectivity index is 1.32. The molecular weight excluding hydrogens is 386 g/mol. The first-order valence-corrected chi connectivity index (χ1v) is 9.96. The van der Waals surface area contributed by atoms with Gasteiger partial charge < -0.3 is 18.9 Å². The van der Waals surface area contributed by atoms with E-state index in [9.17, 15) is 4.79 Å². The third-order valence-corrected chi connectivity index (χ3v) is 5.70. The summed E-state index contributed by atoms with van der Waals surface area (Å²) < 4.78 is 17.8. The van der Waals surface area contributed by atoms with E-state index in [2.05, 4.69) is 15.2 Å². The standard InChI is InChI=1S/C21H23N5O4/c1-25-17(9-16(23-25)15-8-14(28-2)6-7-18(15)29-3)21(27)26-10-13(11-26)20-22-19(24-30-20)12-4-5-12/h6-9,12-13H,4-5,10-11H2,1-3H3. The van der Waals surface area contributed by atoms with Crippen LogP contribution in [0.1, 0.15) is 46.9 Å². The molecule has 0 N–H and O–H groups in total. The summed E-state index contributed by atoms with van der Waals surface area (Å²) in [6.07, 6.45) is 2.27. The molecule has 1 aliphatic carbocycles. The topological polar surface area (TPSA) is 95.5 Å². The highest BCUT2D eigenvalue weighted by atomic mass is 16.5. The number of aromatic nitrogens is 4. The van der Waals surface area contributed by atoms with Crippen molar-refractivity contribution < 1.29 is 18.8 Å². The van der Waals surface area contributed by atoms with Crippen LogP contribution >= 0.6 is 0 Å². The van der Waals surface area contributed by atoms with E-state index in [0.717, 1.165) is 24.2 Å². The van der Waals surface area contributed by atoms with Crippen LogP contribution in [-0.2, 0) is 7.05 Å². The second-order valence-electron chi connectivity index (χ2n) is 7.78. The van der Waals surface area contributed by atoms with Gasteiger partial charge in [0.2, 0.25) is 5.89 Å². The van der Waals surface area contributed by atoms with Gasteiger partial charge in [0.25, 0.3) is 5.91 Å². The van der Waals surface area contributed by atoms with Crippen LogP contribution in [0.2, 0.25) is 0 Å². The van der Waals surface area contributed by atoms with E-state index in [1.807, 2.05) is 18.2 Å². The zero-order valence-electron chi connectivity index (χ0n) is 17.2. The smallest absolute Gasteiger partial charge is 0.272 e. The van der Waals surface area contributed by atoms with E-state index >= 15 is 0 Å². The van der Waals surface area contributed by atoms with Gasteiger partial charge in [0, 0.05) is 31.6 Å². The van der Waals surface area contributed by atoms with E-state index in [1.54, 1.807) is 36.9 Å². The van der Waals surface area contributed by atoms with Crippen LogP contribution in [0.3, 0.4) is 0 Å². The largest absolute Gasteiger partial charge is 0.497 e. The van der Waals surface area contributed by atoms with Crippen LogP contribution in [0.4, 0.5) is 0 Å². The zero-order valence-corrected chi connectivity index (χ0v) is 17.2. The Hall–Kier alpha value is -3.36. The van der Waals surface area contributed by atoms with E-state index in [4.69, 9.17) is 14.0 Å². The van der Waals surface area contributed by atoms with E-state index in [0.29, 0.717) is 47.8 Å². The molecule has 0 radical (unpaired) electrons. The number of methoxy groups -OCH3 is 2. The van der Waals surface area contributed by atoms with Gasteiger partial charge >= 0.3 is 0 Å². The Bertz CT molecular complexity index is 1090.